The minimum atomic E-state index is -0.451. The van der Waals surface area contributed by atoms with Crippen molar-refractivity contribution in [3.8, 4) is 0 Å². The molecule has 86 valence electrons. The number of benzene rings is 1. The predicted molar refractivity (Wildman–Crippen MR) is 62.8 cm³/mol. The second-order valence-electron chi connectivity index (χ2n) is 3.30. The third-order valence-electron chi connectivity index (χ3n) is 2.44. The van der Waals surface area contributed by atoms with Crippen molar-refractivity contribution in [3.05, 3.63) is 39.9 Å². The molecule has 5 heteroatoms. The molecule has 0 bridgehead atoms. The van der Waals surface area contributed by atoms with E-state index in [1.807, 2.05) is 13.8 Å². The van der Waals surface area contributed by atoms with Gasteiger partial charge < -0.3 is 4.90 Å². The summed E-state index contributed by atoms with van der Waals surface area (Å²) in [7, 11) is 0. The van der Waals surface area contributed by atoms with Gasteiger partial charge in [-0.05, 0) is 19.9 Å². The second-order valence-corrected chi connectivity index (χ2v) is 3.30. The maximum atomic E-state index is 10.8. The monoisotopic (exact) mass is 221 g/mol. The van der Waals surface area contributed by atoms with Crippen molar-refractivity contribution in [3.63, 3.8) is 0 Å². The Balaban J connectivity index is 3.12. The standard InChI is InChI=1S/C11H15N3O2/c1-3-13(4-2)11(12)9-7-5-6-8-10(9)14(15)16/h5-8,12H,3-4H2,1-2H3. The zero-order valence-electron chi connectivity index (χ0n) is 9.43. The van der Waals surface area contributed by atoms with Crippen molar-refractivity contribution in [2.45, 2.75) is 13.8 Å². The Hall–Kier alpha value is -1.91. The lowest BCUT2D eigenvalue weighted by Crippen LogP contribution is -2.30. The molecule has 1 aromatic rings. The molecule has 0 aromatic heterocycles. The molecule has 0 atom stereocenters. The molecule has 0 aliphatic carbocycles. The van der Waals surface area contributed by atoms with E-state index in [1.54, 1.807) is 23.1 Å². The summed E-state index contributed by atoms with van der Waals surface area (Å²) in [4.78, 5) is 12.1. The highest BCUT2D eigenvalue weighted by molar-refractivity contribution is 5.99. The number of hydrogen-bond acceptors (Lipinski definition) is 3. The van der Waals surface area contributed by atoms with Gasteiger partial charge in [0.1, 0.15) is 5.84 Å². The Kier molecular flexibility index (Phi) is 3.99. The van der Waals surface area contributed by atoms with Crippen LogP contribution in [0.2, 0.25) is 0 Å². The first-order chi connectivity index (χ1) is 7.61. The zero-order chi connectivity index (χ0) is 12.1. The van der Waals surface area contributed by atoms with Crippen LogP contribution < -0.4 is 0 Å². The van der Waals surface area contributed by atoms with E-state index in [4.69, 9.17) is 5.41 Å². The lowest BCUT2D eigenvalue weighted by Gasteiger charge is -2.21. The molecule has 0 aliphatic rings. The van der Waals surface area contributed by atoms with Crippen LogP contribution in [0.3, 0.4) is 0 Å². The summed E-state index contributed by atoms with van der Waals surface area (Å²) in [5, 5.41) is 18.8. The van der Waals surface area contributed by atoms with Crippen molar-refractivity contribution >= 4 is 11.5 Å². The smallest absolute Gasteiger partial charge is 0.280 e. The topological polar surface area (TPSA) is 70.2 Å². The van der Waals surface area contributed by atoms with Crippen LogP contribution in [-0.2, 0) is 0 Å². The molecular weight excluding hydrogens is 206 g/mol. The molecule has 0 heterocycles. The Morgan fingerprint density at radius 3 is 2.44 bits per heavy atom. The molecule has 0 radical (unpaired) electrons. The summed E-state index contributed by atoms with van der Waals surface area (Å²) in [5.41, 5.74) is 0.357. The minimum absolute atomic E-state index is 0.0144. The highest BCUT2D eigenvalue weighted by Gasteiger charge is 2.19. The number of nitrogens with one attached hydrogen (secondary N) is 1. The molecule has 5 nitrogen and oxygen atoms in total. The molecule has 0 amide bonds. The minimum Gasteiger partial charge on any atom is -0.357 e. The van der Waals surface area contributed by atoms with Gasteiger partial charge in [-0.25, -0.2) is 0 Å². The average Bonchev–Trinajstić information content (AvgIpc) is 2.30. The molecule has 1 N–H and O–H groups in total. The van der Waals surface area contributed by atoms with E-state index in [-0.39, 0.29) is 11.5 Å². The number of nitro benzene ring substituents is 1. The molecule has 1 rings (SSSR count). The highest BCUT2D eigenvalue weighted by Crippen LogP contribution is 2.19. The highest BCUT2D eigenvalue weighted by atomic mass is 16.6. The van der Waals surface area contributed by atoms with Gasteiger partial charge in [-0.1, -0.05) is 12.1 Å². The first kappa shape index (κ1) is 12.2. The van der Waals surface area contributed by atoms with Gasteiger partial charge in [0.2, 0.25) is 0 Å². The van der Waals surface area contributed by atoms with Crippen molar-refractivity contribution in [2.24, 2.45) is 0 Å². The van der Waals surface area contributed by atoms with E-state index < -0.39 is 4.92 Å². The SMILES string of the molecule is CCN(CC)C(=N)c1ccccc1[N+](=O)[O-]. The first-order valence-corrected chi connectivity index (χ1v) is 5.19. The van der Waals surface area contributed by atoms with Gasteiger partial charge >= 0.3 is 0 Å². The molecule has 0 saturated heterocycles. The maximum Gasteiger partial charge on any atom is 0.280 e. The molecular formula is C11H15N3O2. The maximum absolute atomic E-state index is 10.8. The van der Waals surface area contributed by atoms with Crippen molar-refractivity contribution in [2.75, 3.05) is 13.1 Å². The van der Waals surface area contributed by atoms with Gasteiger partial charge in [0, 0.05) is 19.2 Å². The summed E-state index contributed by atoms with van der Waals surface area (Å²) >= 11 is 0. The van der Waals surface area contributed by atoms with E-state index in [0.717, 1.165) is 0 Å². The number of amidine groups is 1. The zero-order valence-corrected chi connectivity index (χ0v) is 9.43. The molecule has 16 heavy (non-hydrogen) atoms. The average molecular weight is 221 g/mol. The van der Waals surface area contributed by atoms with Crippen molar-refractivity contribution in [1.82, 2.24) is 4.90 Å². The fraction of sp³-hybridized carbons (Fsp3) is 0.364. The first-order valence-electron chi connectivity index (χ1n) is 5.19. The molecule has 1 aromatic carbocycles. The van der Waals surface area contributed by atoms with Gasteiger partial charge in [-0.15, -0.1) is 0 Å². The molecule has 0 unspecified atom stereocenters. The lowest BCUT2D eigenvalue weighted by molar-refractivity contribution is -0.385. The number of nitrogens with zero attached hydrogens (tertiary/aromatic N) is 2. The third kappa shape index (κ3) is 2.36. The van der Waals surface area contributed by atoms with Gasteiger partial charge in [0.05, 0.1) is 10.5 Å². The van der Waals surface area contributed by atoms with Gasteiger partial charge in [0.15, 0.2) is 0 Å². The van der Waals surface area contributed by atoms with E-state index >= 15 is 0 Å². The quantitative estimate of drug-likeness (QED) is 0.367. The molecule has 0 saturated carbocycles. The van der Waals surface area contributed by atoms with E-state index in [2.05, 4.69) is 0 Å². The van der Waals surface area contributed by atoms with Crippen LogP contribution in [0.4, 0.5) is 5.69 Å². The Bertz CT molecular complexity index is 400. The third-order valence-corrected chi connectivity index (χ3v) is 2.44. The Morgan fingerprint density at radius 2 is 1.94 bits per heavy atom. The van der Waals surface area contributed by atoms with E-state index in [1.165, 1.54) is 6.07 Å². The molecule has 0 spiro atoms. The molecule has 0 fully saturated rings. The largest absolute Gasteiger partial charge is 0.357 e. The lowest BCUT2D eigenvalue weighted by atomic mass is 10.1. The summed E-state index contributed by atoms with van der Waals surface area (Å²) in [6.07, 6.45) is 0. The van der Waals surface area contributed by atoms with Gasteiger partial charge in [-0.2, -0.15) is 0 Å². The van der Waals surface area contributed by atoms with Gasteiger partial charge in [0.25, 0.3) is 5.69 Å². The van der Waals surface area contributed by atoms with E-state index in [0.29, 0.717) is 18.7 Å². The summed E-state index contributed by atoms with van der Waals surface area (Å²) in [6, 6.07) is 6.35. The number of hydrogen-bond donors (Lipinski definition) is 1. The Morgan fingerprint density at radius 1 is 1.38 bits per heavy atom. The van der Waals surface area contributed by atoms with Crippen LogP contribution in [0.25, 0.3) is 0 Å². The normalized spacial score (nSPS) is 9.88. The summed E-state index contributed by atoms with van der Waals surface area (Å²) < 4.78 is 0. The van der Waals surface area contributed by atoms with Crippen LogP contribution in [0.15, 0.2) is 24.3 Å². The van der Waals surface area contributed by atoms with Crippen LogP contribution >= 0.6 is 0 Å². The van der Waals surface area contributed by atoms with Crippen molar-refractivity contribution < 1.29 is 4.92 Å². The van der Waals surface area contributed by atoms with Crippen molar-refractivity contribution in [1.29, 1.82) is 5.41 Å². The summed E-state index contributed by atoms with van der Waals surface area (Å²) in [6.45, 7) is 5.18. The van der Waals surface area contributed by atoms with Crippen LogP contribution in [0, 0.1) is 15.5 Å². The second kappa shape index (κ2) is 5.25. The Labute approximate surface area is 94.4 Å². The predicted octanol–water partition coefficient (Wildman–Crippen LogP) is 2.26. The number of nitro groups is 1. The fourth-order valence-corrected chi connectivity index (χ4v) is 1.54. The summed E-state index contributed by atoms with van der Waals surface area (Å²) in [5.74, 6) is 0.206. The van der Waals surface area contributed by atoms with Crippen LogP contribution in [0.1, 0.15) is 19.4 Å². The van der Waals surface area contributed by atoms with Crippen LogP contribution in [0.5, 0.6) is 0 Å². The number of rotatable bonds is 4. The fourth-order valence-electron chi connectivity index (χ4n) is 1.54. The number of para-hydroxylation sites is 1. The molecule has 0 aliphatic heterocycles. The van der Waals surface area contributed by atoms with E-state index in [9.17, 15) is 10.1 Å². The van der Waals surface area contributed by atoms with Crippen LogP contribution in [-0.4, -0.2) is 28.7 Å². The van der Waals surface area contributed by atoms with Gasteiger partial charge in [-0.3, -0.25) is 15.5 Å².